The van der Waals surface area contributed by atoms with Crippen molar-refractivity contribution in [3.8, 4) is 0 Å². The van der Waals surface area contributed by atoms with Gasteiger partial charge in [-0.1, -0.05) is 0 Å². The molecule has 0 atom stereocenters. The van der Waals surface area contributed by atoms with Gasteiger partial charge in [-0.25, -0.2) is 0 Å². The second-order valence-electron chi connectivity index (χ2n) is 3.72. The fourth-order valence-electron chi connectivity index (χ4n) is 1.39. The number of aliphatic hydroxyl groups excluding tert-OH is 1. The summed E-state index contributed by atoms with van der Waals surface area (Å²) in [5.41, 5.74) is 5.82. The highest BCUT2D eigenvalue weighted by molar-refractivity contribution is 5.92. The number of aromatic nitrogens is 2. The second kappa shape index (κ2) is 6.12. The monoisotopic (exact) mass is 226 g/mol. The van der Waals surface area contributed by atoms with E-state index in [1.54, 1.807) is 11.9 Å². The van der Waals surface area contributed by atoms with Crippen molar-refractivity contribution in [3.05, 3.63) is 11.8 Å². The van der Waals surface area contributed by atoms with E-state index in [0.29, 0.717) is 18.1 Å². The zero-order chi connectivity index (χ0) is 12.0. The Morgan fingerprint density at radius 1 is 1.56 bits per heavy atom. The number of rotatable bonds is 6. The van der Waals surface area contributed by atoms with Gasteiger partial charge in [0.15, 0.2) is 0 Å². The highest BCUT2D eigenvalue weighted by atomic mass is 16.2. The normalized spacial score (nSPS) is 10.4. The molecule has 16 heavy (non-hydrogen) atoms. The van der Waals surface area contributed by atoms with Gasteiger partial charge in [0.2, 0.25) is 0 Å². The third-order valence-electron chi connectivity index (χ3n) is 2.33. The Balaban J connectivity index is 2.36. The number of aliphatic hydroxyl groups is 1. The highest BCUT2D eigenvalue weighted by Gasteiger charge is 2.13. The molecule has 0 unspecified atom stereocenters. The van der Waals surface area contributed by atoms with Crippen LogP contribution in [-0.4, -0.2) is 46.3 Å². The number of carbonyl (C=O) groups is 1. The summed E-state index contributed by atoms with van der Waals surface area (Å²) in [7, 11) is 1.73. The molecule has 6 heteroatoms. The van der Waals surface area contributed by atoms with Crippen molar-refractivity contribution in [1.82, 2.24) is 15.1 Å². The molecule has 0 radical (unpaired) electrons. The molecule has 1 aromatic heterocycles. The fourth-order valence-corrected chi connectivity index (χ4v) is 1.39. The number of hydrogen-bond donors (Lipinski definition) is 3. The number of nitrogens with one attached hydrogen (secondary N) is 1. The fraction of sp³-hybridized carbons (Fsp3) is 0.600. The zero-order valence-electron chi connectivity index (χ0n) is 9.44. The lowest BCUT2D eigenvalue weighted by Gasteiger charge is -2.15. The van der Waals surface area contributed by atoms with Crippen molar-refractivity contribution in [2.24, 2.45) is 0 Å². The number of H-pyrrole nitrogens is 1. The number of hydrogen-bond acceptors (Lipinski definition) is 4. The SMILES string of the molecule is CN(CCCCCO)C(=O)c1cc(N)n[nH]1. The lowest BCUT2D eigenvalue weighted by Crippen LogP contribution is -2.28. The maximum Gasteiger partial charge on any atom is 0.271 e. The lowest BCUT2D eigenvalue weighted by molar-refractivity contribution is 0.0786. The Hall–Kier alpha value is -1.56. The smallest absolute Gasteiger partial charge is 0.271 e. The largest absolute Gasteiger partial charge is 0.396 e. The van der Waals surface area contributed by atoms with E-state index in [1.165, 1.54) is 6.07 Å². The van der Waals surface area contributed by atoms with Crippen molar-refractivity contribution < 1.29 is 9.90 Å². The second-order valence-corrected chi connectivity index (χ2v) is 3.72. The van der Waals surface area contributed by atoms with Crippen LogP contribution in [0.3, 0.4) is 0 Å². The molecule has 1 amide bonds. The van der Waals surface area contributed by atoms with Crippen molar-refractivity contribution in [2.75, 3.05) is 25.9 Å². The third-order valence-corrected chi connectivity index (χ3v) is 2.33. The van der Waals surface area contributed by atoms with Crippen LogP contribution in [0.15, 0.2) is 6.07 Å². The van der Waals surface area contributed by atoms with E-state index >= 15 is 0 Å². The van der Waals surface area contributed by atoms with Crippen LogP contribution < -0.4 is 5.73 Å². The topological polar surface area (TPSA) is 95.2 Å². The van der Waals surface area contributed by atoms with Gasteiger partial charge >= 0.3 is 0 Å². The first-order chi connectivity index (χ1) is 7.65. The molecule has 6 nitrogen and oxygen atoms in total. The van der Waals surface area contributed by atoms with E-state index < -0.39 is 0 Å². The number of nitrogen functional groups attached to an aromatic ring is 1. The van der Waals surface area contributed by atoms with Gasteiger partial charge in [-0.15, -0.1) is 0 Å². The van der Waals surface area contributed by atoms with E-state index in [0.717, 1.165) is 19.3 Å². The molecule has 4 N–H and O–H groups in total. The summed E-state index contributed by atoms with van der Waals surface area (Å²) in [4.78, 5) is 13.4. The molecule has 0 aromatic carbocycles. The van der Waals surface area contributed by atoms with Crippen LogP contribution in [-0.2, 0) is 0 Å². The summed E-state index contributed by atoms with van der Waals surface area (Å²) < 4.78 is 0. The van der Waals surface area contributed by atoms with Gasteiger partial charge in [0, 0.05) is 26.3 Å². The Kier molecular flexibility index (Phi) is 4.78. The molecule has 0 aliphatic rings. The Labute approximate surface area is 94.4 Å². The first-order valence-electron chi connectivity index (χ1n) is 5.32. The number of aromatic amines is 1. The standard InChI is InChI=1S/C10H18N4O2/c1-14(5-3-2-4-6-15)10(16)8-7-9(11)13-12-8/h7,15H,2-6H2,1H3,(H3,11,12,13). The third kappa shape index (κ3) is 3.54. The van der Waals surface area contributed by atoms with E-state index in [9.17, 15) is 4.79 Å². The molecule has 90 valence electrons. The van der Waals surface area contributed by atoms with Gasteiger partial charge in [-0.05, 0) is 19.3 Å². The van der Waals surface area contributed by atoms with Gasteiger partial charge in [-0.3, -0.25) is 9.89 Å². The summed E-state index contributed by atoms with van der Waals surface area (Å²) >= 11 is 0. The number of carbonyl (C=O) groups excluding carboxylic acids is 1. The zero-order valence-corrected chi connectivity index (χ0v) is 9.44. The summed E-state index contributed by atoms with van der Waals surface area (Å²) in [6, 6.07) is 1.52. The summed E-state index contributed by atoms with van der Waals surface area (Å²) in [5.74, 6) is 0.199. The van der Waals surface area contributed by atoms with Gasteiger partial charge < -0.3 is 15.7 Å². The predicted molar refractivity (Wildman–Crippen MR) is 60.9 cm³/mol. The quantitative estimate of drug-likeness (QED) is 0.605. The number of nitrogens with zero attached hydrogens (tertiary/aromatic N) is 2. The van der Waals surface area contributed by atoms with Crippen molar-refractivity contribution in [2.45, 2.75) is 19.3 Å². The molecular formula is C10H18N4O2. The number of amides is 1. The molecule has 1 rings (SSSR count). The highest BCUT2D eigenvalue weighted by Crippen LogP contribution is 2.05. The van der Waals surface area contributed by atoms with Gasteiger partial charge in [-0.2, -0.15) is 5.10 Å². The minimum atomic E-state index is -0.117. The maximum atomic E-state index is 11.8. The average molecular weight is 226 g/mol. The van der Waals surface area contributed by atoms with E-state index in [2.05, 4.69) is 10.2 Å². The average Bonchev–Trinajstić information content (AvgIpc) is 2.70. The first kappa shape index (κ1) is 12.5. The van der Waals surface area contributed by atoms with Crippen molar-refractivity contribution in [1.29, 1.82) is 0 Å². The van der Waals surface area contributed by atoms with Crippen LogP contribution in [0.4, 0.5) is 5.82 Å². The minimum Gasteiger partial charge on any atom is -0.396 e. The van der Waals surface area contributed by atoms with Gasteiger partial charge in [0.25, 0.3) is 5.91 Å². The summed E-state index contributed by atoms with van der Waals surface area (Å²) in [5, 5.41) is 14.9. The van der Waals surface area contributed by atoms with Crippen LogP contribution in [0, 0.1) is 0 Å². The summed E-state index contributed by atoms with van der Waals surface area (Å²) in [6.07, 6.45) is 2.57. The van der Waals surface area contributed by atoms with Gasteiger partial charge in [0.1, 0.15) is 11.5 Å². The lowest BCUT2D eigenvalue weighted by atomic mass is 10.2. The first-order valence-corrected chi connectivity index (χ1v) is 5.32. The number of unbranched alkanes of at least 4 members (excludes halogenated alkanes) is 2. The summed E-state index contributed by atoms with van der Waals surface area (Å²) in [6.45, 7) is 0.868. The van der Waals surface area contributed by atoms with Crippen LogP contribution in [0.1, 0.15) is 29.8 Å². The van der Waals surface area contributed by atoms with E-state index in [1.807, 2.05) is 0 Å². The van der Waals surface area contributed by atoms with Crippen LogP contribution >= 0.6 is 0 Å². The molecule has 0 fully saturated rings. The van der Waals surface area contributed by atoms with Crippen molar-refractivity contribution >= 4 is 11.7 Å². The Morgan fingerprint density at radius 3 is 2.88 bits per heavy atom. The molecule has 0 aliphatic carbocycles. The molecule has 0 saturated carbocycles. The van der Waals surface area contributed by atoms with Crippen LogP contribution in [0.25, 0.3) is 0 Å². The van der Waals surface area contributed by atoms with Crippen LogP contribution in [0.5, 0.6) is 0 Å². The molecule has 0 spiro atoms. The molecule has 0 aliphatic heterocycles. The molecule has 1 aromatic rings. The number of nitrogens with two attached hydrogens (primary N) is 1. The maximum absolute atomic E-state index is 11.8. The Bertz CT molecular complexity index is 337. The van der Waals surface area contributed by atoms with E-state index in [4.69, 9.17) is 10.8 Å². The molecule has 0 saturated heterocycles. The van der Waals surface area contributed by atoms with E-state index in [-0.39, 0.29) is 12.5 Å². The molecule has 0 bridgehead atoms. The minimum absolute atomic E-state index is 0.117. The van der Waals surface area contributed by atoms with Crippen LogP contribution in [0.2, 0.25) is 0 Å². The molecule has 1 heterocycles. The Morgan fingerprint density at radius 2 is 2.31 bits per heavy atom. The van der Waals surface area contributed by atoms with Crippen molar-refractivity contribution in [3.63, 3.8) is 0 Å². The van der Waals surface area contributed by atoms with Gasteiger partial charge in [0.05, 0.1) is 0 Å². The molecular weight excluding hydrogens is 208 g/mol. The number of anilines is 1. The predicted octanol–water partition coefficient (Wildman–Crippen LogP) is 0.226.